The molecule has 1 rings (SSSR count). The minimum Gasteiger partial charge on any atom is -0.315 e. The van der Waals surface area contributed by atoms with Crippen LogP contribution in [0.5, 0.6) is 0 Å². The average molecular weight is 382 g/mol. The second kappa shape index (κ2) is 7.30. The Morgan fingerprint density at radius 3 is 2.44 bits per heavy atom. The second-order valence-corrected chi connectivity index (χ2v) is 7.51. The molecule has 0 aliphatic heterocycles. The number of benzene rings is 1. The molecule has 1 aromatic rings. The topological polar surface area (TPSA) is 58.2 Å². The minimum absolute atomic E-state index is 0.455. The molecule has 0 heterocycles. The van der Waals surface area contributed by atoms with Gasteiger partial charge in [0.05, 0.1) is 5.25 Å². The zero-order valence-corrected chi connectivity index (χ0v) is 13.6. The normalized spacial score (nSPS) is 13.3. The molecule has 0 fully saturated rings. The van der Waals surface area contributed by atoms with E-state index in [2.05, 4.69) is 39.6 Å². The van der Waals surface area contributed by atoms with Crippen molar-refractivity contribution in [3.8, 4) is 0 Å². The molecular weight excluding hydrogens is 363 g/mol. The fourth-order valence-electron chi connectivity index (χ4n) is 1.37. The fraction of sp³-hybridized carbons (Fsp3) is 0.500. The van der Waals surface area contributed by atoms with Crippen LogP contribution in [0.3, 0.4) is 0 Å². The van der Waals surface area contributed by atoms with Crippen molar-refractivity contribution in [2.45, 2.75) is 25.5 Å². The Morgan fingerprint density at radius 1 is 1.28 bits per heavy atom. The van der Waals surface area contributed by atoms with E-state index in [9.17, 15) is 8.42 Å². The van der Waals surface area contributed by atoms with Gasteiger partial charge in [0.1, 0.15) is 0 Å². The number of hydrogen-bond donors (Lipinski definition) is 2. The quantitative estimate of drug-likeness (QED) is 0.563. The maximum atomic E-state index is 12.0. The van der Waals surface area contributed by atoms with Gasteiger partial charge >= 0.3 is 0 Å². The van der Waals surface area contributed by atoms with Crippen LogP contribution in [-0.4, -0.2) is 26.8 Å². The van der Waals surface area contributed by atoms with E-state index in [1.807, 2.05) is 12.1 Å². The summed E-state index contributed by atoms with van der Waals surface area (Å²) in [6, 6.07) is 7.29. The van der Waals surface area contributed by atoms with E-state index in [1.165, 1.54) is 0 Å². The molecule has 0 spiro atoms. The van der Waals surface area contributed by atoms with Gasteiger partial charge in [-0.25, -0.2) is 8.42 Å². The highest BCUT2D eigenvalue weighted by Crippen LogP contribution is 2.14. The van der Waals surface area contributed by atoms with Crippen LogP contribution in [0.1, 0.15) is 20.3 Å². The lowest BCUT2D eigenvalue weighted by molar-refractivity contribution is 0.576. The van der Waals surface area contributed by atoms with Crippen LogP contribution in [0.15, 0.2) is 24.3 Å². The summed E-state index contributed by atoms with van der Waals surface area (Å²) in [6.07, 6.45) is 0.997. The summed E-state index contributed by atoms with van der Waals surface area (Å²) >= 11 is 2.18. The zero-order chi connectivity index (χ0) is 13.6. The minimum atomic E-state index is -3.32. The molecule has 0 saturated carbocycles. The van der Waals surface area contributed by atoms with Gasteiger partial charge in [-0.3, -0.25) is 4.72 Å². The highest BCUT2D eigenvalue weighted by atomic mass is 127. The number of halogens is 1. The predicted octanol–water partition coefficient (Wildman–Crippen LogP) is 2.42. The summed E-state index contributed by atoms with van der Waals surface area (Å²) in [5, 5.41) is 2.66. The maximum absolute atomic E-state index is 12.0. The number of rotatable bonds is 7. The van der Waals surface area contributed by atoms with Crippen molar-refractivity contribution in [2.75, 3.05) is 17.8 Å². The third-order valence-corrected chi connectivity index (χ3v) is 4.96. The molecule has 1 atom stereocenters. The molecule has 18 heavy (non-hydrogen) atoms. The lowest BCUT2D eigenvalue weighted by Gasteiger charge is -2.15. The van der Waals surface area contributed by atoms with E-state index in [4.69, 9.17) is 0 Å². The van der Waals surface area contributed by atoms with Crippen molar-refractivity contribution in [1.82, 2.24) is 5.32 Å². The smallest absolute Gasteiger partial charge is 0.236 e. The summed E-state index contributed by atoms with van der Waals surface area (Å²) in [4.78, 5) is 0. The maximum Gasteiger partial charge on any atom is 0.236 e. The number of sulfonamides is 1. The van der Waals surface area contributed by atoms with Gasteiger partial charge in [-0.05, 0) is 66.7 Å². The van der Waals surface area contributed by atoms with Crippen molar-refractivity contribution in [3.63, 3.8) is 0 Å². The van der Waals surface area contributed by atoms with E-state index in [1.54, 1.807) is 19.1 Å². The van der Waals surface area contributed by atoms with Crippen LogP contribution in [-0.2, 0) is 10.0 Å². The first-order valence-corrected chi connectivity index (χ1v) is 8.56. The van der Waals surface area contributed by atoms with Gasteiger partial charge in [-0.1, -0.05) is 6.92 Å². The van der Waals surface area contributed by atoms with Gasteiger partial charge in [0.2, 0.25) is 10.0 Å². The monoisotopic (exact) mass is 382 g/mol. The largest absolute Gasteiger partial charge is 0.315 e. The highest BCUT2D eigenvalue weighted by Gasteiger charge is 2.19. The van der Waals surface area contributed by atoms with Gasteiger partial charge < -0.3 is 5.32 Å². The molecule has 0 bridgehead atoms. The first-order valence-electron chi connectivity index (χ1n) is 5.93. The van der Waals surface area contributed by atoms with E-state index in [0.717, 1.165) is 16.5 Å². The lowest BCUT2D eigenvalue weighted by Crippen LogP contribution is -2.35. The average Bonchev–Trinajstić information content (AvgIpc) is 2.32. The molecule has 0 aromatic heterocycles. The van der Waals surface area contributed by atoms with Crippen LogP contribution in [0.2, 0.25) is 0 Å². The molecule has 1 aromatic carbocycles. The summed E-state index contributed by atoms with van der Waals surface area (Å²) in [6.45, 7) is 5.06. The Balaban J connectivity index is 2.60. The Labute approximate surface area is 123 Å². The molecule has 0 radical (unpaired) electrons. The van der Waals surface area contributed by atoms with Gasteiger partial charge in [-0.15, -0.1) is 0 Å². The van der Waals surface area contributed by atoms with Gasteiger partial charge in [0.25, 0.3) is 0 Å². The predicted molar refractivity (Wildman–Crippen MR) is 84.3 cm³/mol. The molecular formula is C12H19IN2O2S. The molecule has 0 aliphatic carbocycles. The molecule has 1 unspecified atom stereocenters. The van der Waals surface area contributed by atoms with Crippen molar-refractivity contribution < 1.29 is 8.42 Å². The summed E-state index contributed by atoms with van der Waals surface area (Å²) in [5.74, 6) is 0. The van der Waals surface area contributed by atoms with Crippen molar-refractivity contribution in [2.24, 2.45) is 0 Å². The first kappa shape index (κ1) is 15.7. The molecule has 0 aliphatic rings. The Morgan fingerprint density at radius 2 is 1.89 bits per heavy atom. The Bertz CT molecular complexity index is 459. The van der Waals surface area contributed by atoms with E-state index >= 15 is 0 Å². The lowest BCUT2D eigenvalue weighted by atomic mass is 10.3. The van der Waals surface area contributed by atoms with E-state index in [-0.39, 0.29) is 0 Å². The Kier molecular flexibility index (Phi) is 6.37. The van der Waals surface area contributed by atoms with Gasteiger partial charge in [0, 0.05) is 15.8 Å². The molecule has 4 nitrogen and oxygen atoms in total. The first-order chi connectivity index (χ1) is 8.45. The molecule has 102 valence electrons. The third-order valence-electron chi connectivity index (χ3n) is 2.49. The van der Waals surface area contributed by atoms with Crippen LogP contribution in [0, 0.1) is 3.57 Å². The summed E-state index contributed by atoms with van der Waals surface area (Å²) in [5.41, 5.74) is 0.609. The molecule has 2 N–H and O–H groups in total. The highest BCUT2D eigenvalue weighted by molar-refractivity contribution is 14.1. The molecule has 0 saturated heterocycles. The van der Waals surface area contributed by atoms with Crippen molar-refractivity contribution in [1.29, 1.82) is 0 Å². The van der Waals surface area contributed by atoms with Crippen LogP contribution >= 0.6 is 22.6 Å². The SMILES string of the molecule is CCCNCC(C)S(=O)(=O)Nc1ccc(I)cc1. The third kappa shape index (κ3) is 5.11. The summed E-state index contributed by atoms with van der Waals surface area (Å²) < 4.78 is 27.7. The van der Waals surface area contributed by atoms with Gasteiger partial charge in [0.15, 0.2) is 0 Å². The fourth-order valence-corrected chi connectivity index (χ4v) is 2.74. The van der Waals surface area contributed by atoms with Gasteiger partial charge in [-0.2, -0.15) is 0 Å². The Hall–Kier alpha value is -0.340. The van der Waals surface area contributed by atoms with E-state index < -0.39 is 15.3 Å². The van der Waals surface area contributed by atoms with Crippen molar-refractivity contribution in [3.05, 3.63) is 27.8 Å². The van der Waals surface area contributed by atoms with Crippen LogP contribution in [0.4, 0.5) is 5.69 Å². The second-order valence-electron chi connectivity index (χ2n) is 4.17. The number of anilines is 1. The van der Waals surface area contributed by atoms with Crippen LogP contribution in [0.25, 0.3) is 0 Å². The zero-order valence-electron chi connectivity index (χ0n) is 10.6. The summed E-state index contributed by atoms with van der Waals surface area (Å²) in [7, 11) is -3.32. The molecule has 6 heteroatoms. The van der Waals surface area contributed by atoms with Crippen molar-refractivity contribution >= 4 is 38.3 Å². The van der Waals surface area contributed by atoms with Crippen LogP contribution < -0.4 is 10.0 Å². The van der Waals surface area contributed by atoms with E-state index in [0.29, 0.717) is 12.2 Å². The number of hydrogen-bond acceptors (Lipinski definition) is 3. The standard InChI is InChI=1S/C12H19IN2O2S/c1-3-8-14-9-10(2)18(16,17)15-12-6-4-11(13)5-7-12/h4-7,10,14-15H,3,8-9H2,1-2H3. The molecule has 0 amide bonds. The number of nitrogens with one attached hydrogen (secondary N) is 2.